The van der Waals surface area contributed by atoms with Crippen LogP contribution >= 0.6 is 56.8 Å². The first kappa shape index (κ1) is 19.4. The molecule has 1 heterocycles. The first-order chi connectivity index (χ1) is 12.3. The van der Waals surface area contributed by atoms with Gasteiger partial charge in [0.2, 0.25) is 0 Å². The average molecular weight is 593 g/mol. The number of rotatable bonds is 3. The molecule has 3 rings (SSSR count). The van der Waals surface area contributed by atoms with Crippen LogP contribution in [0.1, 0.15) is 18.1 Å². The van der Waals surface area contributed by atoms with Crippen LogP contribution in [-0.2, 0) is 14.3 Å². The van der Waals surface area contributed by atoms with Gasteiger partial charge in [0, 0.05) is 26.6 Å². The quantitative estimate of drug-likeness (QED) is 0.206. The predicted octanol–water partition coefficient (Wildman–Crippen LogP) is 5.46. The molecule has 0 N–H and O–H groups in total. The smallest absolute Gasteiger partial charge is 0.343 e. The van der Waals surface area contributed by atoms with Gasteiger partial charge in [-0.2, -0.15) is 0 Å². The van der Waals surface area contributed by atoms with Crippen LogP contribution in [0.4, 0.5) is 0 Å². The van der Waals surface area contributed by atoms with Gasteiger partial charge in [0.15, 0.2) is 5.75 Å². The monoisotopic (exact) mass is 592 g/mol. The summed E-state index contributed by atoms with van der Waals surface area (Å²) >= 11 is 10.2. The Morgan fingerprint density at radius 3 is 2.54 bits per heavy atom. The Hall–Kier alpha value is -1.39. The van der Waals surface area contributed by atoms with Gasteiger partial charge in [-0.25, -0.2) is 4.79 Å². The van der Waals surface area contributed by atoms with E-state index in [-0.39, 0.29) is 0 Å². The molecule has 0 spiro atoms. The highest BCUT2D eigenvalue weighted by atomic mass is 127. The lowest BCUT2D eigenvalue weighted by Gasteiger charge is -2.09. The van der Waals surface area contributed by atoms with Gasteiger partial charge in [-0.1, -0.05) is 11.6 Å². The zero-order chi connectivity index (χ0) is 18.8. The van der Waals surface area contributed by atoms with Gasteiger partial charge in [0.1, 0.15) is 5.76 Å². The molecule has 7 heteroatoms. The summed E-state index contributed by atoms with van der Waals surface area (Å²) in [6.45, 7) is 1.34. The van der Waals surface area contributed by atoms with Crippen molar-refractivity contribution in [3.8, 4) is 5.75 Å². The second kappa shape index (κ2) is 8.10. The van der Waals surface area contributed by atoms with Crippen LogP contribution in [0, 0.1) is 7.14 Å². The van der Waals surface area contributed by atoms with Crippen molar-refractivity contribution in [2.75, 3.05) is 0 Å². The standard InChI is InChI=1S/C19H11ClI2O4/c1-10(23)25-18-12(7-15(21)9-16(18)22)6-13-8-17(26-19(13)24)11-2-4-14(20)5-3-11/h2-9H,1H3/b13-6+. The summed E-state index contributed by atoms with van der Waals surface area (Å²) in [5, 5.41) is 0.605. The van der Waals surface area contributed by atoms with E-state index in [2.05, 4.69) is 45.2 Å². The van der Waals surface area contributed by atoms with E-state index in [0.29, 0.717) is 27.7 Å². The fourth-order valence-electron chi connectivity index (χ4n) is 2.35. The maximum atomic E-state index is 12.3. The molecule has 0 unspecified atom stereocenters. The molecule has 0 amide bonds. The summed E-state index contributed by atoms with van der Waals surface area (Å²) in [5.41, 5.74) is 1.77. The number of hydrogen-bond donors (Lipinski definition) is 0. The summed E-state index contributed by atoms with van der Waals surface area (Å²) < 4.78 is 12.4. The lowest BCUT2D eigenvalue weighted by atomic mass is 10.1. The Morgan fingerprint density at radius 1 is 1.19 bits per heavy atom. The molecule has 0 saturated heterocycles. The highest BCUT2D eigenvalue weighted by Gasteiger charge is 2.23. The molecule has 0 atom stereocenters. The zero-order valence-electron chi connectivity index (χ0n) is 13.4. The number of halogens is 3. The Bertz CT molecular complexity index is 962. The fourth-order valence-corrected chi connectivity index (χ4v) is 4.48. The maximum absolute atomic E-state index is 12.3. The van der Waals surface area contributed by atoms with Gasteiger partial charge >= 0.3 is 11.9 Å². The molecule has 132 valence electrons. The van der Waals surface area contributed by atoms with Gasteiger partial charge in [-0.15, -0.1) is 0 Å². The molecule has 26 heavy (non-hydrogen) atoms. The Balaban J connectivity index is 2.03. The van der Waals surface area contributed by atoms with E-state index in [4.69, 9.17) is 21.1 Å². The van der Waals surface area contributed by atoms with Crippen LogP contribution in [-0.4, -0.2) is 11.9 Å². The molecule has 2 aromatic rings. The number of ether oxygens (including phenoxy) is 2. The maximum Gasteiger partial charge on any atom is 0.343 e. The number of esters is 2. The number of carbonyl (C=O) groups excluding carboxylic acids is 2. The second-order valence-corrected chi connectivity index (χ2v) is 8.25. The minimum atomic E-state index is -0.461. The van der Waals surface area contributed by atoms with Crippen molar-refractivity contribution in [1.82, 2.24) is 0 Å². The van der Waals surface area contributed by atoms with E-state index in [9.17, 15) is 9.59 Å². The Morgan fingerprint density at radius 2 is 1.88 bits per heavy atom. The highest BCUT2D eigenvalue weighted by Crippen LogP contribution is 2.33. The van der Waals surface area contributed by atoms with Crippen molar-refractivity contribution < 1.29 is 19.1 Å². The van der Waals surface area contributed by atoms with Crippen molar-refractivity contribution in [2.24, 2.45) is 0 Å². The van der Waals surface area contributed by atoms with E-state index in [1.807, 2.05) is 12.1 Å². The molecule has 0 fully saturated rings. The van der Waals surface area contributed by atoms with E-state index < -0.39 is 11.9 Å². The molecule has 0 saturated carbocycles. The summed E-state index contributed by atoms with van der Waals surface area (Å²) in [5.74, 6) is -0.00722. The molecular formula is C19H11ClI2O4. The highest BCUT2D eigenvalue weighted by molar-refractivity contribution is 14.1. The topological polar surface area (TPSA) is 52.6 Å². The largest absolute Gasteiger partial charge is 0.425 e. The van der Waals surface area contributed by atoms with Gasteiger partial charge in [0.25, 0.3) is 0 Å². The number of benzene rings is 2. The summed E-state index contributed by atoms with van der Waals surface area (Å²) in [7, 11) is 0. The molecular weight excluding hydrogens is 581 g/mol. The molecule has 0 aliphatic carbocycles. The normalized spacial score (nSPS) is 15.0. The van der Waals surface area contributed by atoms with Crippen molar-refractivity contribution >= 4 is 80.6 Å². The zero-order valence-corrected chi connectivity index (χ0v) is 18.5. The van der Waals surface area contributed by atoms with Crippen LogP contribution in [0.2, 0.25) is 5.02 Å². The van der Waals surface area contributed by atoms with Crippen molar-refractivity contribution in [1.29, 1.82) is 0 Å². The minimum absolute atomic E-state index is 0.376. The Labute approximate surface area is 182 Å². The SMILES string of the molecule is CC(=O)Oc1c(I)cc(I)cc1/C=C1\C=C(c2ccc(Cl)cc2)OC1=O. The summed E-state index contributed by atoms with van der Waals surface area (Å²) in [6.07, 6.45) is 3.32. The van der Waals surface area contributed by atoms with E-state index in [0.717, 1.165) is 12.7 Å². The fraction of sp³-hybridized carbons (Fsp3) is 0.0526. The van der Waals surface area contributed by atoms with Crippen molar-refractivity contribution in [2.45, 2.75) is 6.92 Å². The van der Waals surface area contributed by atoms with E-state index in [1.165, 1.54) is 6.92 Å². The molecule has 0 aromatic heterocycles. The van der Waals surface area contributed by atoms with Crippen LogP contribution < -0.4 is 4.74 Å². The first-order valence-electron chi connectivity index (χ1n) is 7.42. The van der Waals surface area contributed by atoms with Gasteiger partial charge in [0.05, 0.1) is 9.14 Å². The predicted molar refractivity (Wildman–Crippen MR) is 117 cm³/mol. The molecule has 1 aliphatic heterocycles. The van der Waals surface area contributed by atoms with Crippen molar-refractivity contribution in [3.05, 3.63) is 71.3 Å². The van der Waals surface area contributed by atoms with Crippen molar-refractivity contribution in [3.63, 3.8) is 0 Å². The van der Waals surface area contributed by atoms with Gasteiger partial charge in [-0.05, 0) is 93.7 Å². The summed E-state index contributed by atoms with van der Waals surface area (Å²) in [6, 6.07) is 10.8. The third-order valence-electron chi connectivity index (χ3n) is 3.45. The third-order valence-corrected chi connectivity index (χ3v) is 5.12. The Kier molecular flexibility index (Phi) is 6.03. The first-order valence-corrected chi connectivity index (χ1v) is 9.96. The van der Waals surface area contributed by atoms with Crippen LogP contribution in [0.25, 0.3) is 11.8 Å². The number of hydrogen-bond acceptors (Lipinski definition) is 4. The minimum Gasteiger partial charge on any atom is -0.425 e. The van der Waals surface area contributed by atoms with Crippen LogP contribution in [0.3, 0.4) is 0 Å². The second-order valence-electron chi connectivity index (χ2n) is 5.40. The van der Waals surface area contributed by atoms with Gasteiger partial charge < -0.3 is 9.47 Å². The van der Waals surface area contributed by atoms with Crippen LogP contribution in [0.5, 0.6) is 5.75 Å². The average Bonchev–Trinajstić information content (AvgIpc) is 2.92. The number of carbonyl (C=O) groups is 2. The lowest BCUT2D eigenvalue weighted by Crippen LogP contribution is -2.05. The molecule has 1 aliphatic rings. The number of cyclic esters (lactones) is 1. The molecule has 4 nitrogen and oxygen atoms in total. The van der Waals surface area contributed by atoms with E-state index >= 15 is 0 Å². The lowest BCUT2D eigenvalue weighted by molar-refractivity contribution is -0.132. The molecule has 0 bridgehead atoms. The third kappa shape index (κ3) is 4.47. The van der Waals surface area contributed by atoms with E-state index in [1.54, 1.807) is 36.4 Å². The van der Waals surface area contributed by atoms with Crippen LogP contribution in [0.15, 0.2) is 48.0 Å². The molecule has 0 radical (unpaired) electrons. The van der Waals surface area contributed by atoms with Gasteiger partial charge in [-0.3, -0.25) is 4.79 Å². The molecule has 2 aromatic carbocycles. The summed E-state index contributed by atoms with van der Waals surface area (Å²) in [4.78, 5) is 23.7.